The van der Waals surface area contributed by atoms with Gasteiger partial charge in [0.1, 0.15) is 0 Å². The molecule has 0 heterocycles. The van der Waals surface area contributed by atoms with Crippen molar-refractivity contribution < 1.29 is 9.26 Å². The van der Waals surface area contributed by atoms with E-state index < -0.39 is 5.79 Å². The third kappa shape index (κ3) is 4.51. The predicted octanol–water partition coefficient (Wildman–Crippen LogP) is 1.07. The molecule has 12 heavy (non-hydrogen) atoms. The van der Waals surface area contributed by atoms with E-state index in [1.807, 2.05) is 20.8 Å². The Balaban J connectivity index is 4.03. The van der Waals surface area contributed by atoms with Gasteiger partial charge in [0.15, 0.2) is 10.5 Å². The Morgan fingerprint density at radius 3 is 2.25 bits per heavy atom. The van der Waals surface area contributed by atoms with Crippen LogP contribution in [0.25, 0.3) is 0 Å². The van der Waals surface area contributed by atoms with Gasteiger partial charge in [-0.3, -0.25) is 0 Å². The second-order valence-electron chi connectivity index (χ2n) is 3.58. The molecule has 3 nitrogen and oxygen atoms in total. The predicted molar refractivity (Wildman–Crippen MR) is 54.1 cm³/mol. The largest absolute Gasteiger partial charge is 0.391 e. The summed E-state index contributed by atoms with van der Waals surface area (Å²) in [7, 11) is 0.659. The van der Waals surface area contributed by atoms with Crippen molar-refractivity contribution in [2.24, 2.45) is 11.1 Å². The summed E-state index contributed by atoms with van der Waals surface area (Å²) in [5, 5.41) is 3.98. The van der Waals surface area contributed by atoms with Crippen LogP contribution in [0.4, 0.5) is 0 Å². The van der Waals surface area contributed by atoms with Crippen molar-refractivity contribution in [1.82, 2.24) is 0 Å². The number of hydrogen-bond acceptors (Lipinski definition) is 3. The molecule has 0 aliphatic carbocycles. The summed E-state index contributed by atoms with van der Waals surface area (Å²) in [6, 6.07) is 0. The third-order valence-electron chi connectivity index (χ3n) is 1.74. The quantitative estimate of drug-likeness (QED) is 0.287. The average Bonchev–Trinajstić information content (AvgIpc) is 2.00. The molecule has 0 atom stereocenters. The maximum Gasteiger partial charge on any atom is 0.221 e. The van der Waals surface area contributed by atoms with Crippen LogP contribution in [0.15, 0.2) is 5.16 Å². The number of oxime groups is 1. The van der Waals surface area contributed by atoms with Gasteiger partial charge in [-0.25, -0.2) is 0 Å². The van der Waals surface area contributed by atoms with Crippen LogP contribution in [0.5, 0.6) is 0 Å². The van der Waals surface area contributed by atoms with Gasteiger partial charge in [-0.05, 0) is 12.8 Å². The summed E-state index contributed by atoms with van der Waals surface area (Å²) < 4.78 is 5.18. The lowest BCUT2D eigenvalue weighted by Crippen LogP contribution is -2.25. The van der Waals surface area contributed by atoms with E-state index in [9.17, 15) is 0 Å². The van der Waals surface area contributed by atoms with Gasteiger partial charge < -0.3 is 9.26 Å². The summed E-state index contributed by atoms with van der Waals surface area (Å²) in [5.74, 6) is -0.141. The van der Waals surface area contributed by atoms with Crippen LogP contribution in [-0.2, 0) is 9.26 Å². The zero-order valence-electron chi connectivity index (χ0n) is 8.84. The molecule has 0 N–H and O–H groups in total. The molecule has 0 fully saturated rings. The van der Waals surface area contributed by atoms with E-state index in [4.69, 9.17) is 9.26 Å². The molecule has 0 saturated carbocycles. The van der Waals surface area contributed by atoms with E-state index in [0.717, 1.165) is 5.71 Å². The highest BCUT2D eigenvalue weighted by Gasteiger charge is 2.16. The highest BCUT2D eigenvalue weighted by Crippen LogP contribution is 2.10. The van der Waals surface area contributed by atoms with Crippen LogP contribution in [0.2, 0.25) is 0 Å². The summed E-state index contributed by atoms with van der Waals surface area (Å²) in [6.45, 7) is 9.83. The molecule has 4 heteroatoms. The molecule has 0 aliphatic heterocycles. The Morgan fingerprint density at radius 2 is 1.92 bits per heavy atom. The van der Waals surface area contributed by atoms with Crippen LogP contribution >= 0.6 is 0 Å². The van der Waals surface area contributed by atoms with E-state index in [-0.39, 0.29) is 0 Å². The Bertz CT molecular complexity index is 166. The summed E-state index contributed by atoms with van der Waals surface area (Å²) in [5.41, 5.74) is 0.988. The highest BCUT2D eigenvalue weighted by atomic mass is 28.2. The maximum absolute atomic E-state index is 5.20. The lowest BCUT2D eigenvalue weighted by atomic mass is 10.1. The minimum absolute atomic E-state index is 0.426. The third-order valence-corrected chi connectivity index (χ3v) is 2.72. The Hall–Kier alpha value is -0.353. The molecule has 0 aromatic heterocycles. The van der Waals surface area contributed by atoms with Gasteiger partial charge in [0.05, 0.1) is 5.71 Å². The molecule has 0 aromatic carbocycles. The van der Waals surface area contributed by atoms with Crippen molar-refractivity contribution >= 4 is 16.2 Å². The molecule has 0 amide bonds. The Kier molecular flexibility index (Phi) is 4.48. The first-order valence-electron chi connectivity index (χ1n) is 4.17. The molecular formula is C8H19NO2Si. The number of rotatable bonds is 4. The molecule has 0 radical (unpaired) electrons. The molecular weight excluding hydrogens is 170 g/mol. The lowest BCUT2D eigenvalue weighted by molar-refractivity contribution is -0.153. The van der Waals surface area contributed by atoms with E-state index in [1.54, 1.807) is 0 Å². The summed E-state index contributed by atoms with van der Waals surface area (Å²) >= 11 is 0. The first kappa shape index (κ1) is 11.6. The molecule has 0 spiro atoms. The zero-order valence-corrected chi connectivity index (χ0v) is 10.8. The van der Waals surface area contributed by atoms with Crippen molar-refractivity contribution in [3.63, 3.8) is 0 Å². The number of hydrogen-bond donors (Lipinski definition) is 0. The first-order valence-corrected chi connectivity index (χ1v) is 4.98. The fourth-order valence-electron chi connectivity index (χ4n) is 0.325. The van der Waals surface area contributed by atoms with E-state index in [2.05, 4.69) is 19.0 Å². The average molecular weight is 189 g/mol. The molecule has 0 unspecified atom stereocenters. The minimum atomic E-state index is -0.567. The van der Waals surface area contributed by atoms with Gasteiger partial charge in [-0.15, -0.1) is 0 Å². The van der Waals surface area contributed by atoms with Crippen molar-refractivity contribution in [3.8, 4) is 0 Å². The van der Waals surface area contributed by atoms with E-state index in [1.165, 1.54) is 0 Å². The highest BCUT2D eigenvalue weighted by molar-refractivity contribution is 5.98. The first-order chi connectivity index (χ1) is 5.39. The molecule has 0 aromatic rings. The smallest absolute Gasteiger partial charge is 0.221 e. The molecule has 0 aliphatic rings. The monoisotopic (exact) mass is 189 g/mol. The standard InChI is InChI=1S/C8H19NO2Si/c1-6(2)7(3)9-10-8(4,5)11-12/h6H,1-5,12H3. The summed E-state index contributed by atoms with van der Waals surface area (Å²) in [6.07, 6.45) is 0. The topological polar surface area (TPSA) is 30.8 Å². The van der Waals surface area contributed by atoms with Gasteiger partial charge in [-0.2, -0.15) is 0 Å². The van der Waals surface area contributed by atoms with Crippen LogP contribution in [-0.4, -0.2) is 22.0 Å². The lowest BCUT2D eigenvalue weighted by Gasteiger charge is -2.21. The molecule has 0 rings (SSSR count). The van der Waals surface area contributed by atoms with Crippen LogP contribution in [0.3, 0.4) is 0 Å². The van der Waals surface area contributed by atoms with Gasteiger partial charge in [0.25, 0.3) is 0 Å². The van der Waals surface area contributed by atoms with Gasteiger partial charge in [0.2, 0.25) is 5.79 Å². The Labute approximate surface area is 77.7 Å². The Morgan fingerprint density at radius 1 is 1.42 bits per heavy atom. The van der Waals surface area contributed by atoms with E-state index >= 15 is 0 Å². The van der Waals surface area contributed by atoms with Crippen molar-refractivity contribution in [2.75, 3.05) is 0 Å². The second-order valence-corrected chi connectivity index (χ2v) is 3.99. The molecule has 0 bridgehead atoms. The van der Waals surface area contributed by atoms with Crippen molar-refractivity contribution in [3.05, 3.63) is 0 Å². The molecule has 0 saturated heterocycles. The van der Waals surface area contributed by atoms with Crippen LogP contribution < -0.4 is 0 Å². The van der Waals surface area contributed by atoms with Gasteiger partial charge in [0, 0.05) is 13.8 Å². The van der Waals surface area contributed by atoms with Gasteiger partial charge >= 0.3 is 0 Å². The van der Waals surface area contributed by atoms with Crippen molar-refractivity contribution in [2.45, 2.75) is 40.4 Å². The normalized spacial score (nSPS) is 14.0. The second kappa shape index (κ2) is 4.62. The SMILES string of the molecule is CC(=NOC(C)(C)O[SiH3])C(C)C. The van der Waals surface area contributed by atoms with Crippen molar-refractivity contribution in [1.29, 1.82) is 0 Å². The molecule has 72 valence electrons. The minimum Gasteiger partial charge on any atom is -0.391 e. The number of nitrogens with zero attached hydrogens (tertiary/aromatic N) is 1. The fraction of sp³-hybridized carbons (Fsp3) is 0.875. The zero-order chi connectivity index (χ0) is 9.78. The maximum atomic E-state index is 5.20. The van der Waals surface area contributed by atoms with E-state index in [0.29, 0.717) is 16.4 Å². The van der Waals surface area contributed by atoms with Crippen LogP contribution in [0, 0.1) is 5.92 Å². The fourth-order valence-corrected chi connectivity index (χ4v) is 0.399. The van der Waals surface area contributed by atoms with Crippen LogP contribution in [0.1, 0.15) is 34.6 Å². The van der Waals surface area contributed by atoms with Gasteiger partial charge in [-0.1, -0.05) is 19.0 Å². The summed E-state index contributed by atoms with van der Waals surface area (Å²) in [4.78, 5) is 5.20.